The largest absolute Gasteiger partial charge is 0.450 e. The Morgan fingerprint density at radius 1 is 1.19 bits per heavy atom. The highest BCUT2D eigenvalue weighted by molar-refractivity contribution is 5.68. The number of rotatable bonds is 6. The smallest absolute Gasteiger partial charge is 0.409 e. The van der Waals surface area contributed by atoms with Gasteiger partial charge in [0.1, 0.15) is 23.8 Å². The number of nitrogens with zero attached hydrogens (tertiary/aromatic N) is 4. The minimum Gasteiger partial charge on any atom is -0.450 e. The normalized spacial score (nSPS) is 14.1. The molecule has 0 radical (unpaired) electrons. The predicted octanol–water partition coefficient (Wildman–Crippen LogP) is 2.55. The molecule has 2 aromatic rings. The maximum Gasteiger partial charge on any atom is 0.409 e. The van der Waals surface area contributed by atoms with Gasteiger partial charge in [0.2, 0.25) is 0 Å². The van der Waals surface area contributed by atoms with Crippen LogP contribution < -0.4 is 10.2 Å². The van der Waals surface area contributed by atoms with Crippen LogP contribution in [-0.4, -0.2) is 60.3 Å². The highest BCUT2D eigenvalue weighted by atomic mass is 19.1. The second kappa shape index (κ2) is 9.16. The van der Waals surface area contributed by atoms with Crippen LogP contribution in [0.25, 0.3) is 0 Å². The molecule has 0 bridgehead atoms. The van der Waals surface area contributed by atoms with Gasteiger partial charge in [-0.1, -0.05) is 12.1 Å². The van der Waals surface area contributed by atoms with Crippen molar-refractivity contribution in [2.45, 2.75) is 13.3 Å². The Hall–Kier alpha value is -2.90. The summed E-state index contributed by atoms with van der Waals surface area (Å²) in [4.78, 5) is 24.2. The van der Waals surface area contributed by atoms with E-state index in [0.29, 0.717) is 39.3 Å². The number of hydrogen-bond donors (Lipinski definition) is 1. The van der Waals surface area contributed by atoms with Crippen molar-refractivity contribution in [1.82, 2.24) is 14.9 Å². The van der Waals surface area contributed by atoms with E-state index in [2.05, 4.69) is 20.2 Å². The molecular weight excluding hydrogens is 349 g/mol. The van der Waals surface area contributed by atoms with E-state index in [-0.39, 0.29) is 11.9 Å². The fourth-order valence-electron chi connectivity index (χ4n) is 2.94. The van der Waals surface area contributed by atoms with Crippen molar-refractivity contribution < 1.29 is 13.9 Å². The third-order valence-electron chi connectivity index (χ3n) is 4.42. The Morgan fingerprint density at radius 2 is 1.93 bits per heavy atom. The van der Waals surface area contributed by atoms with Crippen molar-refractivity contribution in [3.8, 4) is 0 Å². The quantitative estimate of drug-likeness (QED) is 0.839. The molecule has 3 rings (SSSR count). The highest BCUT2D eigenvalue weighted by Crippen LogP contribution is 2.16. The maximum atomic E-state index is 12.9. The van der Waals surface area contributed by atoms with Crippen LogP contribution in [0.2, 0.25) is 0 Å². The number of benzene rings is 1. The van der Waals surface area contributed by atoms with Crippen LogP contribution in [0.15, 0.2) is 36.7 Å². The Balaban J connectivity index is 1.50. The summed E-state index contributed by atoms with van der Waals surface area (Å²) in [7, 11) is 0. The number of amides is 1. The molecule has 1 amide bonds. The predicted molar refractivity (Wildman–Crippen MR) is 101 cm³/mol. The molecule has 1 saturated heterocycles. The monoisotopic (exact) mass is 373 g/mol. The van der Waals surface area contributed by atoms with Crippen molar-refractivity contribution in [2.75, 3.05) is 49.5 Å². The lowest BCUT2D eigenvalue weighted by atomic mass is 10.1. The highest BCUT2D eigenvalue weighted by Gasteiger charge is 2.22. The standard InChI is InChI=1S/C19H24FN5O2/c1-2-27-19(26)25-11-9-24(10-12-25)18-13-17(22-14-23-18)21-8-7-15-3-5-16(20)6-4-15/h3-6,13-14H,2,7-12H2,1H3,(H,21,22,23). The van der Waals surface area contributed by atoms with E-state index in [1.807, 2.05) is 6.07 Å². The zero-order valence-electron chi connectivity index (χ0n) is 15.4. The second-order valence-electron chi connectivity index (χ2n) is 6.24. The third-order valence-corrected chi connectivity index (χ3v) is 4.42. The molecule has 2 heterocycles. The first-order valence-corrected chi connectivity index (χ1v) is 9.12. The maximum absolute atomic E-state index is 12.9. The van der Waals surface area contributed by atoms with Crippen LogP contribution in [0.4, 0.5) is 20.8 Å². The van der Waals surface area contributed by atoms with Crippen LogP contribution >= 0.6 is 0 Å². The molecule has 0 atom stereocenters. The first-order valence-electron chi connectivity index (χ1n) is 9.12. The molecule has 1 aromatic heterocycles. The molecule has 7 nitrogen and oxygen atoms in total. The molecule has 0 unspecified atom stereocenters. The second-order valence-corrected chi connectivity index (χ2v) is 6.24. The molecule has 144 valence electrons. The van der Waals surface area contributed by atoms with E-state index in [1.165, 1.54) is 18.5 Å². The van der Waals surface area contributed by atoms with E-state index in [0.717, 1.165) is 23.6 Å². The Kier molecular flexibility index (Phi) is 6.40. The van der Waals surface area contributed by atoms with Gasteiger partial charge in [0.15, 0.2) is 0 Å². The average molecular weight is 373 g/mol. The molecule has 0 aliphatic carbocycles. The number of nitrogens with one attached hydrogen (secondary N) is 1. The van der Waals surface area contributed by atoms with Crippen molar-refractivity contribution in [3.63, 3.8) is 0 Å². The van der Waals surface area contributed by atoms with Gasteiger partial charge in [-0.05, 0) is 31.0 Å². The lowest BCUT2D eigenvalue weighted by Gasteiger charge is -2.34. The summed E-state index contributed by atoms with van der Waals surface area (Å²) in [5, 5.41) is 3.27. The molecular formula is C19H24FN5O2. The van der Waals surface area contributed by atoms with Gasteiger partial charge in [0, 0.05) is 38.8 Å². The van der Waals surface area contributed by atoms with Crippen molar-refractivity contribution in [2.24, 2.45) is 0 Å². The van der Waals surface area contributed by atoms with Crippen LogP contribution in [0.1, 0.15) is 12.5 Å². The minimum absolute atomic E-state index is 0.227. The zero-order chi connectivity index (χ0) is 19.1. The number of carbonyl (C=O) groups is 1. The number of halogens is 1. The minimum atomic E-state index is -0.261. The average Bonchev–Trinajstić information content (AvgIpc) is 2.70. The summed E-state index contributed by atoms with van der Waals surface area (Å²) >= 11 is 0. The van der Waals surface area contributed by atoms with Gasteiger partial charge in [0.05, 0.1) is 6.61 Å². The summed E-state index contributed by atoms with van der Waals surface area (Å²) in [6, 6.07) is 8.41. The Bertz CT molecular complexity index is 748. The van der Waals surface area contributed by atoms with Gasteiger partial charge < -0.3 is 19.9 Å². The van der Waals surface area contributed by atoms with Crippen molar-refractivity contribution in [1.29, 1.82) is 0 Å². The lowest BCUT2D eigenvalue weighted by Crippen LogP contribution is -2.49. The van der Waals surface area contributed by atoms with Gasteiger partial charge in [-0.15, -0.1) is 0 Å². The molecule has 8 heteroatoms. The van der Waals surface area contributed by atoms with Gasteiger partial charge in [-0.2, -0.15) is 0 Å². The molecule has 1 fully saturated rings. The Labute approximate surface area is 158 Å². The number of piperazine rings is 1. The molecule has 27 heavy (non-hydrogen) atoms. The fraction of sp³-hybridized carbons (Fsp3) is 0.421. The first kappa shape index (κ1) is 18.9. The number of hydrogen-bond acceptors (Lipinski definition) is 6. The van der Waals surface area contributed by atoms with E-state index in [4.69, 9.17) is 4.74 Å². The number of aromatic nitrogens is 2. The zero-order valence-corrected chi connectivity index (χ0v) is 15.4. The van der Waals surface area contributed by atoms with E-state index in [9.17, 15) is 9.18 Å². The van der Waals surface area contributed by atoms with Gasteiger partial charge in [-0.3, -0.25) is 0 Å². The first-order chi connectivity index (χ1) is 13.2. The van der Waals surface area contributed by atoms with E-state index < -0.39 is 0 Å². The molecule has 1 aliphatic heterocycles. The topological polar surface area (TPSA) is 70.6 Å². The summed E-state index contributed by atoms with van der Waals surface area (Å²) in [5.41, 5.74) is 1.06. The fourth-order valence-corrected chi connectivity index (χ4v) is 2.94. The van der Waals surface area contributed by atoms with Gasteiger partial charge in [0.25, 0.3) is 0 Å². The molecule has 1 aliphatic rings. The van der Waals surface area contributed by atoms with Gasteiger partial charge in [-0.25, -0.2) is 19.2 Å². The molecule has 1 N–H and O–H groups in total. The summed E-state index contributed by atoms with van der Waals surface area (Å²) in [6.07, 6.45) is 2.05. The van der Waals surface area contributed by atoms with E-state index in [1.54, 1.807) is 24.0 Å². The molecule has 1 aromatic carbocycles. The lowest BCUT2D eigenvalue weighted by molar-refractivity contribution is 0.105. The Morgan fingerprint density at radius 3 is 2.63 bits per heavy atom. The summed E-state index contributed by atoms with van der Waals surface area (Å²) < 4.78 is 18.0. The van der Waals surface area contributed by atoms with Crippen LogP contribution in [0.3, 0.4) is 0 Å². The third kappa shape index (κ3) is 5.29. The van der Waals surface area contributed by atoms with Gasteiger partial charge >= 0.3 is 6.09 Å². The molecule has 0 spiro atoms. The summed E-state index contributed by atoms with van der Waals surface area (Å²) in [5.74, 6) is 1.35. The number of carbonyl (C=O) groups excluding carboxylic acids is 1. The van der Waals surface area contributed by atoms with Crippen molar-refractivity contribution >= 4 is 17.7 Å². The van der Waals surface area contributed by atoms with E-state index >= 15 is 0 Å². The number of anilines is 2. The van der Waals surface area contributed by atoms with Crippen LogP contribution in [-0.2, 0) is 11.2 Å². The van der Waals surface area contributed by atoms with Crippen LogP contribution in [0.5, 0.6) is 0 Å². The SMILES string of the molecule is CCOC(=O)N1CCN(c2cc(NCCc3ccc(F)cc3)ncn2)CC1. The number of ether oxygens (including phenoxy) is 1. The van der Waals surface area contributed by atoms with Crippen LogP contribution in [0, 0.1) is 5.82 Å². The summed E-state index contributed by atoms with van der Waals surface area (Å²) in [6.45, 7) is 5.50. The molecule has 0 saturated carbocycles. The van der Waals surface area contributed by atoms with Crippen molar-refractivity contribution in [3.05, 3.63) is 48.0 Å².